The number of rotatable bonds is 9. The molecule has 3 heteroatoms. The van der Waals surface area contributed by atoms with Crippen molar-refractivity contribution in [1.29, 1.82) is 0 Å². The monoisotopic (exact) mass is 549 g/mol. The quantitative estimate of drug-likeness (QED) is 0.312. The molecule has 224 valence electrons. The lowest BCUT2D eigenvalue weighted by Gasteiger charge is -2.42. The molecule has 40 heavy (non-hydrogen) atoms. The molecule has 0 aromatic heterocycles. The molecule has 2 heterocycles. The van der Waals surface area contributed by atoms with E-state index in [2.05, 4.69) is 83.7 Å². The summed E-state index contributed by atoms with van der Waals surface area (Å²) in [4.78, 5) is 2.78. The SMILES string of the molecule is CCCC1[C@@H]2CC[C@@]3(CC(C)=C2C[C@@H]1C(C)(C)CC[C@H](O)CC)OC1C[C@H](C)CN(Cc2ccccc2)[C@H]1[C@H]3C. The second-order valence-corrected chi connectivity index (χ2v) is 15.2. The first-order valence-corrected chi connectivity index (χ1v) is 16.9. The van der Waals surface area contributed by atoms with Gasteiger partial charge in [0, 0.05) is 25.0 Å². The lowest BCUT2D eigenvalue weighted by molar-refractivity contribution is -0.0798. The van der Waals surface area contributed by atoms with Gasteiger partial charge in [-0.05, 0) is 99.4 Å². The maximum atomic E-state index is 10.3. The van der Waals surface area contributed by atoms with Crippen molar-refractivity contribution in [3.05, 3.63) is 47.0 Å². The maximum absolute atomic E-state index is 10.3. The number of hydrogen-bond donors (Lipinski definition) is 1. The average molecular weight is 550 g/mol. The van der Waals surface area contributed by atoms with Gasteiger partial charge in [0.1, 0.15) is 0 Å². The highest BCUT2D eigenvalue weighted by Crippen LogP contribution is 2.59. The summed E-state index contributed by atoms with van der Waals surface area (Å²) in [6.45, 7) is 19.1. The van der Waals surface area contributed by atoms with Crippen LogP contribution < -0.4 is 0 Å². The Morgan fingerprint density at radius 1 is 1.15 bits per heavy atom. The normalized spacial score (nSPS) is 37.5. The van der Waals surface area contributed by atoms with Crippen LogP contribution in [0.5, 0.6) is 0 Å². The maximum Gasteiger partial charge on any atom is 0.0765 e. The van der Waals surface area contributed by atoms with Gasteiger partial charge in [-0.1, -0.05) is 89.4 Å². The van der Waals surface area contributed by atoms with E-state index in [0.29, 0.717) is 24.0 Å². The fourth-order valence-corrected chi connectivity index (χ4v) is 9.85. The van der Waals surface area contributed by atoms with E-state index >= 15 is 0 Å². The van der Waals surface area contributed by atoms with Crippen LogP contribution in [0.3, 0.4) is 0 Å². The summed E-state index contributed by atoms with van der Waals surface area (Å²) >= 11 is 0. The smallest absolute Gasteiger partial charge is 0.0765 e. The molecule has 2 unspecified atom stereocenters. The van der Waals surface area contributed by atoms with Crippen LogP contribution in [-0.4, -0.2) is 40.4 Å². The second-order valence-electron chi connectivity index (χ2n) is 15.2. The van der Waals surface area contributed by atoms with Gasteiger partial charge in [0.25, 0.3) is 0 Å². The first-order chi connectivity index (χ1) is 19.1. The van der Waals surface area contributed by atoms with E-state index in [9.17, 15) is 5.11 Å². The number of ether oxygens (including phenoxy) is 1. The molecule has 1 aromatic rings. The third kappa shape index (κ3) is 5.86. The van der Waals surface area contributed by atoms with Gasteiger partial charge in [0.05, 0.1) is 17.8 Å². The zero-order chi connectivity index (χ0) is 28.7. The Bertz CT molecular complexity index is 1020. The van der Waals surface area contributed by atoms with Crippen LogP contribution >= 0.6 is 0 Å². The summed E-state index contributed by atoms with van der Waals surface area (Å²) in [5.74, 6) is 3.45. The molecule has 1 saturated carbocycles. The van der Waals surface area contributed by atoms with Crippen molar-refractivity contribution in [1.82, 2.24) is 4.90 Å². The summed E-state index contributed by atoms with van der Waals surface area (Å²) in [5.41, 5.74) is 5.14. The average Bonchev–Trinajstić information content (AvgIpc) is 3.37. The third-order valence-electron chi connectivity index (χ3n) is 12.1. The molecule has 2 aliphatic heterocycles. The van der Waals surface area contributed by atoms with Crippen molar-refractivity contribution < 1.29 is 9.84 Å². The van der Waals surface area contributed by atoms with Crippen molar-refractivity contribution >= 4 is 0 Å². The van der Waals surface area contributed by atoms with Crippen LogP contribution in [0.2, 0.25) is 0 Å². The molecule has 9 atom stereocenters. The van der Waals surface area contributed by atoms with Gasteiger partial charge < -0.3 is 9.84 Å². The Balaban J connectivity index is 1.38. The minimum atomic E-state index is -0.148. The van der Waals surface area contributed by atoms with Crippen LogP contribution in [0.15, 0.2) is 41.5 Å². The van der Waals surface area contributed by atoms with Crippen LogP contribution in [-0.2, 0) is 11.3 Å². The number of hydrogen-bond acceptors (Lipinski definition) is 3. The molecule has 0 bridgehead atoms. The topological polar surface area (TPSA) is 32.7 Å². The predicted molar refractivity (Wildman–Crippen MR) is 167 cm³/mol. The Kier molecular flexibility index (Phi) is 9.25. The highest BCUT2D eigenvalue weighted by atomic mass is 16.5. The number of aliphatic hydroxyl groups excluding tert-OH is 1. The molecule has 0 amide bonds. The number of aliphatic hydroxyl groups is 1. The Hall–Kier alpha value is -1.16. The van der Waals surface area contributed by atoms with Crippen LogP contribution in [0.25, 0.3) is 0 Å². The number of piperidine rings is 1. The number of fused-ring (bicyclic) bond motifs is 2. The zero-order valence-electron chi connectivity index (χ0n) is 26.8. The molecule has 1 N–H and O–H groups in total. The fraction of sp³-hybridized carbons (Fsp3) is 0.784. The molecule has 3 nitrogen and oxygen atoms in total. The van der Waals surface area contributed by atoms with Gasteiger partial charge in [0.15, 0.2) is 0 Å². The highest BCUT2D eigenvalue weighted by molar-refractivity contribution is 5.28. The molecule has 2 aliphatic carbocycles. The minimum absolute atomic E-state index is 0.0111. The van der Waals surface area contributed by atoms with Crippen LogP contribution in [0, 0.1) is 35.0 Å². The van der Waals surface area contributed by atoms with E-state index in [1.54, 1.807) is 11.1 Å². The standard InChI is InChI=1S/C37H59NO2/c1-8-13-31-30-17-19-37(22-26(4)32(30)21-33(31)36(6,7)18-16-29(39)9-2)27(5)35-34(40-37)20-25(3)23-38(35)24-28-14-11-10-12-15-28/h10-12,14-15,25,27,29-31,33-35,39H,8-9,13,16-24H2,1-7H3/t25-,27+,29+,30-,31?,33-,34?,35-,37-/m0/s1. The van der Waals surface area contributed by atoms with Crippen molar-refractivity contribution in [3.8, 4) is 0 Å². The molecule has 3 fully saturated rings. The molecule has 2 saturated heterocycles. The molecule has 1 aromatic carbocycles. The summed E-state index contributed by atoms with van der Waals surface area (Å²) in [6.07, 6.45) is 11.9. The van der Waals surface area contributed by atoms with Gasteiger partial charge in [-0.3, -0.25) is 4.90 Å². The largest absolute Gasteiger partial charge is 0.393 e. The number of nitrogens with zero attached hydrogens (tertiary/aromatic N) is 1. The summed E-state index contributed by atoms with van der Waals surface area (Å²) in [7, 11) is 0. The molecular weight excluding hydrogens is 490 g/mol. The van der Waals surface area contributed by atoms with Crippen molar-refractivity contribution in [2.45, 2.75) is 143 Å². The first kappa shape index (κ1) is 30.3. The van der Waals surface area contributed by atoms with E-state index in [-0.39, 0.29) is 17.1 Å². The molecule has 4 aliphatic rings. The van der Waals surface area contributed by atoms with Gasteiger partial charge in [-0.25, -0.2) is 0 Å². The molecule has 1 spiro atoms. The number of allylic oxidation sites excluding steroid dienone is 1. The lowest BCUT2D eigenvalue weighted by atomic mass is 9.67. The van der Waals surface area contributed by atoms with E-state index in [0.717, 1.165) is 50.0 Å². The van der Waals surface area contributed by atoms with Crippen molar-refractivity contribution in [2.24, 2.45) is 35.0 Å². The van der Waals surface area contributed by atoms with E-state index in [1.807, 2.05) is 0 Å². The van der Waals surface area contributed by atoms with E-state index in [4.69, 9.17) is 4.74 Å². The highest BCUT2D eigenvalue weighted by Gasteiger charge is 2.58. The minimum Gasteiger partial charge on any atom is -0.393 e. The third-order valence-corrected chi connectivity index (χ3v) is 12.1. The first-order valence-electron chi connectivity index (χ1n) is 16.9. The van der Waals surface area contributed by atoms with E-state index < -0.39 is 0 Å². The van der Waals surface area contributed by atoms with Gasteiger partial charge in [-0.15, -0.1) is 0 Å². The predicted octanol–water partition coefficient (Wildman–Crippen LogP) is 8.80. The van der Waals surface area contributed by atoms with E-state index in [1.165, 1.54) is 50.6 Å². The molecular formula is C37H59NO2. The van der Waals surface area contributed by atoms with Crippen molar-refractivity contribution in [2.75, 3.05) is 6.54 Å². The summed E-state index contributed by atoms with van der Waals surface area (Å²) in [5, 5.41) is 10.3. The van der Waals surface area contributed by atoms with Crippen LogP contribution in [0.1, 0.15) is 118 Å². The molecule has 5 rings (SSSR count). The summed E-state index contributed by atoms with van der Waals surface area (Å²) < 4.78 is 7.32. The number of benzene rings is 1. The second kappa shape index (κ2) is 12.2. The van der Waals surface area contributed by atoms with Gasteiger partial charge in [-0.2, -0.15) is 0 Å². The fourth-order valence-electron chi connectivity index (χ4n) is 9.85. The van der Waals surface area contributed by atoms with Gasteiger partial charge >= 0.3 is 0 Å². The Labute approximate surface area is 246 Å². The number of likely N-dealkylation sites (tertiary alicyclic amines) is 1. The van der Waals surface area contributed by atoms with Crippen LogP contribution in [0.4, 0.5) is 0 Å². The van der Waals surface area contributed by atoms with Gasteiger partial charge in [0.2, 0.25) is 0 Å². The lowest BCUT2D eigenvalue weighted by Crippen LogP contribution is -2.51. The molecule has 0 radical (unpaired) electrons. The summed E-state index contributed by atoms with van der Waals surface area (Å²) in [6, 6.07) is 11.6. The van der Waals surface area contributed by atoms with Crippen molar-refractivity contribution in [3.63, 3.8) is 0 Å². The Morgan fingerprint density at radius 3 is 2.60 bits per heavy atom. The Morgan fingerprint density at radius 2 is 1.90 bits per heavy atom. The zero-order valence-corrected chi connectivity index (χ0v) is 26.8.